The van der Waals surface area contributed by atoms with Crippen LogP contribution in [-0.4, -0.2) is 56.3 Å². The minimum atomic E-state index is -0.167. The van der Waals surface area contributed by atoms with Gasteiger partial charge in [-0.25, -0.2) is 9.48 Å². The van der Waals surface area contributed by atoms with E-state index in [1.165, 1.54) is 0 Å². The van der Waals surface area contributed by atoms with E-state index in [2.05, 4.69) is 44.9 Å². The highest BCUT2D eigenvalue weighted by Gasteiger charge is 2.25. The lowest BCUT2D eigenvalue weighted by atomic mass is 10.2. The number of nitrogens with zero attached hydrogens (tertiary/aromatic N) is 5. The Kier molecular flexibility index (Phi) is 4.75. The van der Waals surface area contributed by atoms with Crippen molar-refractivity contribution in [3.05, 3.63) is 30.1 Å². The zero-order chi connectivity index (χ0) is 17.1. The van der Waals surface area contributed by atoms with Crippen LogP contribution >= 0.6 is 0 Å². The monoisotopic (exact) mass is 329 g/mol. The molecule has 1 saturated heterocycles. The molecule has 0 bridgehead atoms. The van der Waals surface area contributed by atoms with Crippen LogP contribution in [0.1, 0.15) is 25.8 Å². The van der Waals surface area contributed by atoms with Crippen molar-refractivity contribution in [1.82, 2.24) is 30.4 Å². The number of carbonyl (C=O) groups excluding carboxylic acids is 1. The standard InChI is InChI=1S/C16H23N7O/c1-11(2)22-7-6-14(9-22)19-16(24)18-13-4-5-15(12(3)8-13)23-10-17-20-21-23/h4-5,8,10-11,14H,6-7,9H2,1-3H3,(H2,18,19,24). The van der Waals surface area contributed by atoms with E-state index in [-0.39, 0.29) is 12.1 Å². The lowest BCUT2D eigenvalue weighted by Crippen LogP contribution is -2.40. The number of hydrogen-bond acceptors (Lipinski definition) is 5. The van der Waals surface area contributed by atoms with Gasteiger partial charge in [0.05, 0.1) is 5.69 Å². The third-order valence-corrected chi connectivity index (χ3v) is 4.34. The number of nitrogens with one attached hydrogen (secondary N) is 2. The Hall–Kier alpha value is -2.48. The molecule has 1 unspecified atom stereocenters. The van der Waals surface area contributed by atoms with Crippen molar-refractivity contribution < 1.29 is 4.79 Å². The number of hydrogen-bond donors (Lipinski definition) is 2. The molecule has 0 aliphatic carbocycles. The summed E-state index contributed by atoms with van der Waals surface area (Å²) in [4.78, 5) is 14.6. The van der Waals surface area contributed by atoms with Gasteiger partial charge in [0.2, 0.25) is 0 Å². The molecule has 2 aromatic rings. The molecule has 8 nitrogen and oxygen atoms in total. The second-order valence-electron chi connectivity index (χ2n) is 6.43. The Labute approximate surface area is 141 Å². The molecule has 1 aromatic carbocycles. The van der Waals surface area contributed by atoms with Crippen LogP contribution < -0.4 is 10.6 Å². The number of anilines is 1. The molecule has 1 aromatic heterocycles. The molecule has 2 N–H and O–H groups in total. The van der Waals surface area contributed by atoms with E-state index in [0.29, 0.717) is 6.04 Å². The maximum Gasteiger partial charge on any atom is 0.319 e. The maximum atomic E-state index is 12.2. The van der Waals surface area contributed by atoms with Gasteiger partial charge in [-0.05, 0) is 61.4 Å². The summed E-state index contributed by atoms with van der Waals surface area (Å²) in [6, 6.07) is 6.19. The molecule has 0 saturated carbocycles. The SMILES string of the molecule is Cc1cc(NC(=O)NC2CCN(C(C)C)C2)ccc1-n1cnnn1. The molecule has 1 aliphatic rings. The smallest absolute Gasteiger partial charge is 0.319 e. The first kappa shape index (κ1) is 16.4. The molecule has 1 aliphatic heterocycles. The van der Waals surface area contributed by atoms with Crippen LogP contribution in [0.15, 0.2) is 24.5 Å². The number of aromatic nitrogens is 4. The van der Waals surface area contributed by atoms with Gasteiger partial charge in [0.25, 0.3) is 0 Å². The van der Waals surface area contributed by atoms with E-state index in [1.54, 1.807) is 11.0 Å². The van der Waals surface area contributed by atoms with E-state index in [1.807, 2.05) is 25.1 Å². The van der Waals surface area contributed by atoms with E-state index >= 15 is 0 Å². The topological polar surface area (TPSA) is 88.0 Å². The van der Waals surface area contributed by atoms with Crippen LogP contribution in [0.25, 0.3) is 5.69 Å². The average Bonchev–Trinajstić information content (AvgIpc) is 3.18. The molecule has 128 valence electrons. The molecule has 2 amide bonds. The van der Waals surface area contributed by atoms with E-state index < -0.39 is 0 Å². The highest BCUT2D eigenvalue weighted by molar-refractivity contribution is 5.89. The second-order valence-corrected chi connectivity index (χ2v) is 6.43. The van der Waals surface area contributed by atoms with Crippen LogP contribution in [-0.2, 0) is 0 Å². The van der Waals surface area contributed by atoms with Gasteiger partial charge in [0.15, 0.2) is 0 Å². The number of rotatable bonds is 4. The van der Waals surface area contributed by atoms with Crippen molar-refractivity contribution in [2.45, 2.75) is 39.3 Å². The zero-order valence-electron chi connectivity index (χ0n) is 14.2. The normalized spacial score (nSPS) is 18.1. The number of tetrazole rings is 1. The molecule has 1 fully saturated rings. The number of likely N-dealkylation sites (tertiary alicyclic amines) is 1. The van der Waals surface area contributed by atoms with Crippen LogP contribution in [0.3, 0.4) is 0 Å². The molecule has 1 atom stereocenters. The number of urea groups is 1. The Morgan fingerprint density at radius 2 is 2.21 bits per heavy atom. The van der Waals surface area contributed by atoms with E-state index in [9.17, 15) is 4.79 Å². The third-order valence-electron chi connectivity index (χ3n) is 4.34. The van der Waals surface area contributed by atoms with Gasteiger partial charge in [-0.3, -0.25) is 4.90 Å². The number of carbonyl (C=O) groups is 1. The van der Waals surface area contributed by atoms with Gasteiger partial charge in [0, 0.05) is 30.9 Å². The summed E-state index contributed by atoms with van der Waals surface area (Å²) in [5.74, 6) is 0. The fraction of sp³-hybridized carbons (Fsp3) is 0.500. The highest BCUT2D eigenvalue weighted by atomic mass is 16.2. The Bertz CT molecular complexity index is 698. The predicted molar refractivity (Wildman–Crippen MR) is 91.2 cm³/mol. The minimum absolute atomic E-state index is 0.167. The first-order valence-electron chi connectivity index (χ1n) is 8.18. The highest BCUT2D eigenvalue weighted by Crippen LogP contribution is 2.18. The van der Waals surface area contributed by atoms with Crippen LogP contribution in [0, 0.1) is 6.92 Å². The predicted octanol–water partition coefficient (Wildman–Crippen LogP) is 1.57. The maximum absolute atomic E-state index is 12.2. The molecular formula is C16H23N7O. The summed E-state index contributed by atoms with van der Waals surface area (Å²) in [7, 11) is 0. The Balaban J connectivity index is 1.58. The summed E-state index contributed by atoms with van der Waals surface area (Å²) in [5.41, 5.74) is 2.61. The van der Waals surface area contributed by atoms with Crippen molar-refractivity contribution in [2.75, 3.05) is 18.4 Å². The number of aryl methyl sites for hydroxylation is 1. The van der Waals surface area contributed by atoms with Crippen LogP contribution in [0.5, 0.6) is 0 Å². The van der Waals surface area contributed by atoms with Crippen LogP contribution in [0.4, 0.5) is 10.5 Å². The van der Waals surface area contributed by atoms with Crippen molar-refractivity contribution in [3.8, 4) is 5.69 Å². The van der Waals surface area contributed by atoms with Gasteiger partial charge in [-0.2, -0.15) is 0 Å². The second kappa shape index (κ2) is 6.96. The average molecular weight is 329 g/mol. The molecule has 0 radical (unpaired) electrons. The third kappa shape index (κ3) is 3.70. The molecule has 24 heavy (non-hydrogen) atoms. The fourth-order valence-corrected chi connectivity index (χ4v) is 2.99. The molecule has 2 heterocycles. The first-order valence-corrected chi connectivity index (χ1v) is 8.18. The van der Waals surface area contributed by atoms with Gasteiger partial charge >= 0.3 is 6.03 Å². The quantitative estimate of drug-likeness (QED) is 0.889. The Morgan fingerprint density at radius 3 is 2.83 bits per heavy atom. The van der Waals surface area contributed by atoms with Crippen molar-refractivity contribution in [2.24, 2.45) is 0 Å². The summed E-state index contributed by atoms with van der Waals surface area (Å²) in [6.07, 6.45) is 2.53. The minimum Gasteiger partial charge on any atom is -0.334 e. The van der Waals surface area contributed by atoms with Gasteiger partial charge in [-0.1, -0.05) is 0 Å². The molecule has 3 rings (SSSR count). The van der Waals surface area contributed by atoms with Crippen molar-refractivity contribution in [1.29, 1.82) is 0 Å². The van der Waals surface area contributed by atoms with Gasteiger partial charge in [0.1, 0.15) is 6.33 Å². The summed E-state index contributed by atoms with van der Waals surface area (Å²) >= 11 is 0. The lowest BCUT2D eigenvalue weighted by Gasteiger charge is -2.20. The first-order chi connectivity index (χ1) is 11.5. The molecular weight excluding hydrogens is 306 g/mol. The molecule has 8 heteroatoms. The zero-order valence-corrected chi connectivity index (χ0v) is 14.2. The molecule has 0 spiro atoms. The largest absolute Gasteiger partial charge is 0.334 e. The van der Waals surface area contributed by atoms with E-state index in [0.717, 1.165) is 36.4 Å². The fourth-order valence-electron chi connectivity index (χ4n) is 2.99. The summed E-state index contributed by atoms with van der Waals surface area (Å²) in [6.45, 7) is 8.25. The number of amides is 2. The van der Waals surface area contributed by atoms with Gasteiger partial charge in [-0.15, -0.1) is 5.10 Å². The number of benzene rings is 1. The summed E-state index contributed by atoms with van der Waals surface area (Å²) in [5, 5.41) is 17.1. The van der Waals surface area contributed by atoms with E-state index in [4.69, 9.17) is 0 Å². The van der Waals surface area contributed by atoms with Crippen LogP contribution in [0.2, 0.25) is 0 Å². The lowest BCUT2D eigenvalue weighted by molar-refractivity contribution is 0.244. The Morgan fingerprint density at radius 1 is 1.38 bits per heavy atom. The van der Waals surface area contributed by atoms with Gasteiger partial charge < -0.3 is 10.6 Å². The van der Waals surface area contributed by atoms with Crippen molar-refractivity contribution in [3.63, 3.8) is 0 Å². The van der Waals surface area contributed by atoms with Crippen molar-refractivity contribution >= 4 is 11.7 Å². The summed E-state index contributed by atoms with van der Waals surface area (Å²) < 4.78 is 1.60.